The van der Waals surface area contributed by atoms with Gasteiger partial charge in [-0.25, -0.2) is 4.79 Å². The predicted molar refractivity (Wildman–Crippen MR) is 88.1 cm³/mol. The van der Waals surface area contributed by atoms with Gasteiger partial charge in [0.2, 0.25) is 0 Å². The van der Waals surface area contributed by atoms with Gasteiger partial charge in [0.1, 0.15) is 5.54 Å². The van der Waals surface area contributed by atoms with E-state index >= 15 is 0 Å². The highest BCUT2D eigenvalue weighted by Crippen LogP contribution is 2.26. The normalized spacial score (nSPS) is 29.2. The Morgan fingerprint density at radius 2 is 2.00 bits per heavy atom. The monoisotopic (exact) mass is 330 g/mol. The molecule has 3 rings (SSSR count). The molecule has 3 unspecified atom stereocenters. The lowest BCUT2D eigenvalue weighted by Crippen LogP contribution is -2.41. The third-order valence-electron chi connectivity index (χ3n) is 5.05. The van der Waals surface area contributed by atoms with Gasteiger partial charge in [0.05, 0.1) is 0 Å². The quantitative estimate of drug-likeness (QED) is 0.605. The van der Waals surface area contributed by atoms with Crippen LogP contribution in [0.1, 0.15) is 42.1 Å². The molecule has 128 valence electrons. The van der Waals surface area contributed by atoms with Crippen LogP contribution in [0.15, 0.2) is 24.3 Å². The van der Waals surface area contributed by atoms with E-state index in [4.69, 9.17) is 5.73 Å². The third kappa shape index (κ3) is 2.87. The standard InChI is InChI=1S/C17H22N4O3/c1-17(15(23)20-16(24)21-17)12-7-5-10(6-8-12)14(22)19-13-4-2-3-11(13)9-18/h5-8,11,13H,2-4,9,18H2,1H3,(H,19,22)(H2,20,21,23,24). The van der Waals surface area contributed by atoms with Gasteiger partial charge < -0.3 is 16.4 Å². The molecule has 1 aliphatic heterocycles. The molecular weight excluding hydrogens is 308 g/mol. The van der Waals surface area contributed by atoms with Gasteiger partial charge in [0.25, 0.3) is 11.8 Å². The van der Waals surface area contributed by atoms with Gasteiger partial charge in [-0.1, -0.05) is 18.6 Å². The number of nitrogens with one attached hydrogen (secondary N) is 3. The van der Waals surface area contributed by atoms with E-state index in [9.17, 15) is 14.4 Å². The Morgan fingerprint density at radius 1 is 1.29 bits per heavy atom. The number of benzene rings is 1. The summed E-state index contributed by atoms with van der Waals surface area (Å²) in [6.07, 6.45) is 3.09. The Balaban J connectivity index is 1.71. The van der Waals surface area contributed by atoms with E-state index in [0.29, 0.717) is 23.6 Å². The summed E-state index contributed by atoms with van der Waals surface area (Å²) in [6.45, 7) is 2.21. The molecule has 7 nitrogen and oxygen atoms in total. The zero-order valence-electron chi connectivity index (χ0n) is 13.6. The van der Waals surface area contributed by atoms with E-state index < -0.39 is 17.5 Å². The number of hydrogen-bond acceptors (Lipinski definition) is 4. The fourth-order valence-corrected chi connectivity index (χ4v) is 3.46. The molecule has 2 aliphatic rings. The first-order valence-corrected chi connectivity index (χ1v) is 8.19. The second-order valence-corrected chi connectivity index (χ2v) is 6.62. The van der Waals surface area contributed by atoms with Crippen LogP contribution >= 0.6 is 0 Å². The van der Waals surface area contributed by atoms with Gasteiger partial charge in [-0.3, -0.25) is 14.9 Å². The number of amides is 4. The fraction of sp³-hybridized carbons (Fsp3) is 0.471. The minimum atomic E-state index is -1.11. The molecular formula is C17H22N4O3. The number of hydrogen-bond donors (Lipinski definition) is 4. The molecule has 1 heterocycles. The zero-order valence-corrected chi connectivity index (χ0v) is 13.6. The average Bonchev–Trinajstić information content (AvgIpc) is 3.11. The Morgan fingerprint density at radius 3 is 2.58 bits per heavy atom. The van der Waals surface area contributed by atoms with E-state index in [1.54, 1.807) is 31.2 Å². The summed E-state index contributed by atoms with van der Waals surface area (Å²) in [4.78, 5) is 35.7. The van der Waals surface area contributed by atoms with Crippen LogP contribution in [0.5, 0.6) is 0 Å². The first-order valence-electron chi connectivity index (χ1n) is 8.19. The Hall–Kier alpha value is -2.41. The molecule has 5 N–H and O–H groups in total. The maximum absolute atomic E-state index is 12.4. The van der Waals surface area contributed by atoms with E-state index in [2.05, 4.69) is 16.0 Å². The lowest BCUT2D eigenvalue weighted by atomic mass is 9.91. The molecule has 24 heavy (non-hydrogen) atoms. The van der Waals surface area contributed by atoms with Gasteiger partial charge >= 0.3 is 6.03 Å². The Bertz CT molecular complexity index is 673. The van der Waals surface area contributed by atoms with E-state index in [0.717, 1.165) is 19.3 Å². The van der Waals surface area contributed by atoms with Crippen molar-refractivity contribution >= 4 is 17.8 Å². The van der Waals surface area contributed by atoms with Crippen molar-refractivity contribution in [2.45, 2.75) is 37.8 Å². The molecule has 3 atom stereocenters. The second kappa shape index (κ2) is 6.24. The van der Waals surface area contributed by atoms with Crippen molar-refractivity contribution in [3.8, 4) is 0 Å². The summed E-state index contributed by atoms with van der Waals surface area (Å²) in [6, 6.07) is 6.32. The summed E-state index contributed by atoms with van der Waals surface area (Å²) in [5.41, 5.74) is 5.79. The van der Waals surface area contributed by atoms with Gasteiger partial charge in [0, 0.05) is 11.6 Å². The fourth-order valence-electron chi connectivity index (χ4n) is 3.46. The number of rotatable bonds is 4. The van der Waals surface area contributed by atoms with Crippen LogP contribution < -0.4 is 21.7 Å². The van der Waals surface area contributed by atoms with Crippen LogP contribution in [-0.2, 0) is 10.3 Å². The average molecular weight is 330 g/mol. The van der Waals surface area contributed by atoms with Crippen molar-refractivity contribution in [3.63, 3.8) is 0 Å². The van der Waals surface area contributed by atoms with Crippen LogP contribution in [0.2, 0.25) is 0 Å². The molecule has 0 radical (unpaired) electrons. The summed E-state index contributed by atoms with van der Waals surface area (Å²) >= 11 is 0. The van der Waals surface area contributed by atoms with Gasteiger partial charge in [-0.15, -0.1) is 0 Å². The number of imide groups is 1. The van der Waals surface area contributed by atoms with Crippen molar-refractivity contribution in [3.05, 3.63) is 35.4 Å². The lowest BCUT2D eigenvalue weighted by molar-refractivity contribution is -0.123. The smallest absolute Gasteiger partial charge is 0.322 e. The van der Waals surface area contributed by atoms with Gasteiger partial charge in [-0.05, 0) is 49.9 Å². The zero-order chi connectivity index (χ0) is 17.3. The van der Waals surface area contributed by atoms with Crippen LogP contribution in [0.25, 0.3) is 0 Å². The Kier molecular flexibility index (Phi) is 4.28. The van der Waals surface area contributed by atoms with Crippen molar-refractivity contribution in [1.29, 1.82) is 0 Å². The molecule has 0 aromatic heterocycles. The molecule has 0 spiro atoms. The number of carbonyl (C=O) groups excluding carboxylic acids is 3. The molecule has 7 heteroatoms. The maximum Gasteiger partial charge on any atom is 0.322 e. The van der Waals surface area contributed by atoms with Crippen molar-refractivity contribution in [2.75, 3.05) is 6.54 Å². The van der Waals surface area contributed by atoms with Gasteiger partial charge in [-0.2, -0.15) is 0 Å². The number of nitrogens with two attached hydrogens (primary N) is 1. The summed E-state index contributed by atoms with van der Waals surface area (Å²) in [7, 11) is 0. The number of carbonyl (C=O) groups is 3. The van der Waals surface area contributed by atoms with Crippen molar-refractivity contribution < 1.29 is 14.4 Å². The second-order valence-electron chi connectivity index (χ2n) is 6.62. The molecule has 1 saturated carbocycles. The van der Waals surface area contributed by atoms with Crippen molar-refractivity contribution in [1.82, 2.24) is 16.0 Å². The largest absolute Gasteiger partial charge is 0.349 e. The highest BCUT2D eigenvalue weighted by atomic mass is 16.2. The molecule has 2 fully saturated rings. The van der Waals surface area contributed by atoms with E-state index in [1.165, 1.54) is 0 Å². The predicted octanol–water partition coefficient (Wildman–Crippen LogP) is 0.598. The van der Waals surface area contributed by atoms with Crippen LogP contribution in [0, 0.1) is 5.92 Å². The van der Waals surface area contributed by atoms with Crippen LogP contribution in [-0.4, -0.2) is 30.4 Å². The first kappa shape index (κ1) is 16.4. The third-order valence-corrected chi connectivity index (χ3v) is 5.05. The lowest BCUT2D eigenvalue weighted by Gasteiger charge is -2.22. The minimum absolute atomic E-state index is 0.125. The Labute approximate surface area is 140 Å². The van der Waals surface area contributed by atoms with E-state index in [-0.39, 0.29) is 11.9 Å². The minimum Gasteiger partial charge on any atom is -0.349 e. The molecule has 1 aliphatic carbocycles. The van der Waals surface area contributed by atoms with Crippen LogP contribution in [0.4, 0.5) is 4.79 Å². The maximum atomic E-state index is 12.4. The van der Waals surface area contributed by atoms with Gasteiger partial charge in [0.15, 0.2) is 0 Å². The highest BCUT2D eigenvalue weighted by Gasteiger charge is 2.43. The highest BCUT2D eigenvalue weighted by molar-refractivity contribution is 6.07. The summed E-state index contributed by atoms with van der Waals surface area (Å²) in [5, 5.41) is 7.87. The molecule has 4 amide bonds. The van der Waals surface area contributed by atoms with Crippen molar-refractivity contribution in [2.24, 2.45) is 11.7 Å². The van der Waals surface area contributed by atoms with Crippen LogP contribution in [0.3, 0.4) is 0 Å². The SMILES string of the molecule is CC1(c2ccc(C(=O)NC3CCCC3CN)cc2)NC(=O)NC1=O. The molecule has 1 aromatic rings. The summed E-state index contributed by atoms with van der Waals surface area (Å²) in [5.74, 6) is -0.206. The number of urea groups is 1. The molecule has 1 saturated heterocycles. The molecule has 1 aromatic carbocycles. The topological polar surface area (TPSA) is 113 Å². The van der Waals surface area contributed by atoms with E-state index in [1.807, 2.05) is 0 Å². The summed E-state index contributed by atoms with van der Waals surface area (Å²) < 4.78 is 0. The molecule has 0 bridgehead atoms. The first-order chi connectivity index (χ1) is 11.4.